The Morgan fingerprint density at radius 2 is 2.12 bits per heavy atom. The van der Waals surface area contributed by atoms with E-state index in [0.717, 1.165) is 10.7 Å². The van der Waals surface area contributed by atoms with Crippen molar-refractivity contribution in [3.8, 4) is 0 Å². The molecule has 0 saturated carbocycles. The SMILES string of the molecule is CCOC(=O)CCNC(=O)c1sc(C)nc1C. The number of thiazole rings is 1. The fourth-order valence-corrected chi connectivity index (χ4v) is 2.17. The van der Waals surface area contributed by atoms with Gasteiger partial charge in [0.05, 0.1) is 23.7 Å². The largest absolute Gasteiger partial charge is 0.466 e. The summed E-state index contributed by atoms with van der Waals surface area (Å²) >= 11 is 1.35. The second-order valence-electron chi connectivity index (χ2n) is 3.46. The van der Waals surface area contributed by atoms with Crippen molar-refractivity contribution >= 4 is 23.2 Å². The molecule has 5 nitrogen and oxygen atoms in total. The molecule has 0 aliphatic rings. The molecule has 0 aromatic carbocycles. The summed E-state index contributed by atoms with van der Waals surface area (Å²) in [5.41, 5.74) is 0.723. The van der Waals surface area contributed by atoms with Gasteiger partial charge in [-0.2, -0.15) is 0 Å². The van der Waals surface area contributed by atoms with Gasteiger partial charge in [0.25, 0.3) is 5.91 Å². The van der Waals surface area contributed by atoms with Gasteiger partial charge in [-0.15, -0.1) is 11.3 Å². The van der Waals surface area contributed by atoms with Gasteiger partial charge in [-0.1, -0.05) is 0 Å². The molecular formula is C11H16N2O3S. The van der Waals surface area contributed by atoms with Crippen LogP contribution in [0.1, 0.15) is 33.7 Å². The standard InChI is InChI=1S/C11H16N2O3S/c1-4-16-9(14)5-6-12-11(15)10-7(2)13-8(3)17-10/h4-6H2,1-3H3,(H,12,15). The van der Waals surface area contributed by atoms with Crippen molar-refractivity contribution in [2.45, 2.75) is 27.2 Å². The molecule has 1 amide bonds. The zero-order valence-electron chi connectivity index (χ0n) is 10.2. The molecular weight excluding hydrogens is 240 g/mol. The molecule has 0 fully saturated rings. The van der Waals surface area contributed by atoms with Gasteiger partial charge >= 0.3 is 5.97 Å². The van der Waals surface area contributed by atoms with Crippen LogP contribution in [0, 0.1) is 13.8 Å². The smallest absolute Gasteiger partial charge is 0.307 e. The Balaban J connectivity index is 2.40. The molecule has 0 unspecified atom stereocenters. The van der Waals surface area contributed by atoms with Crippen molar-refractivity contribution in [1.82, 2.24) is 10.3 Å². The summed E-state index contributed by atoms with van der Waals surface area (Å²) in [7, 11) is 0. The second kappa shape index (κ2) is 6.34. The van der Waals surface area contributed by atoms with E-state index in [1.54, 1.807) is 13.8 Å². The maximum atomic E-state index is 11.7. The number of esters is 1. The fraction of sp³-hybridized carbons (Fsp3) is 0.545. The summed E-state index contributed by atoms with van der Waals surface area (Å²) in [6.07, 6.45) is 0.191. The highest BCUT2D eigenvalue weighted by atomic mass is 32.1. The third-order valence-corrected chi connectivity index (χ3v) is 3.10. The van der Waals surface area contributed by atoms with Gasteiger partial charge in [0.15, 0.2) is 0 Å². The first-order valence-electron chi connectivity index (χ1n) is 5.42. The number of carbonyl (C=O) groups is 2. The normalized spacial score (nSPS) is 10.1. The van der Waals surface area contributed by atoms with Crippen LogP contribution in [0.25, 0.3) is 0 Å². The number of aryl methyl sites for hydroxylation is 2. The van der Waals surface area contributed by atoms with Gasteiger partial charge in [-0.25, -0.2) is 4.98 Å². The highest BCUT2D eigenvalue weighted by Gasteiger charge is 2.13. The number of aromatic nitrogens is 1. The second-order valence-corrected chi connectivity index (χ2v) is 4.66. The van der Waals surface area contributed by atoms with E-state index in [4.69, 9.17) is 4.74 Å². The Bertz CT molecular complexity index is 415. The first-order chi connectivity index (χ1) is 8.04. The molecule has 1 N–H and O–H groups in total. The Kier molecular flexibility index (Phi) is 5.09. The monoisotopic (exact) mass is 256 g/mol. The van der Waals surface area contributed by atoms with E-state index in [1.165, 1.54) is 11.3 Å². The Morgan fingerprint density at radius 3 is 2.65 bits per heavy atom. The van der Waals surface area contributed by atoms with Crippen LogP contribution >= 0.6 is 11.3 Å². The van der Waals surface area contributed by atoms with Gasteiger partial charge in [0.1, 0.15) is 4.88 Å². The summed E-state index contributed by atoms with van der Waals surface area (Å²) in [5.74, 6) is -0.484. The molecule has 17 heavy (non-hydrogen) atoms. The molecule has 0 aliphatic heterocycles. The van der Waals surface area contributed by atoms with Crippen molar-refractivity contribution in [1.29, 1.82) is 0 Å². The lowest BCUT2D eigenvalue weighted by Crippen LogP contribution is -2.26. The van der Waals surface area contributed by atoms with Crippen LogP contribution in [-0.4, -0.2) is 30.0 Å². The fourth-order valence-electron chi connectivity index (χ4n) is 1.33. The third-order valence-electron chi connectivity index (χ3n) is 2.03. The highest BCUT2D eigenvalue weighted by Crippen LogP contribution is 2.16. The minimum Gasteiger partial charge on any atom is -0.466 e. The van der Waals surface area contributed by atoms with Crippen LogP contribution < -0.4 is 5.32 Å². The van der Waals surface area contributed by atoms with Gasteiger partial charge < -0.3 is 10.1 Å². The van der Waals surface area contributed by atoms with E-state index >= 15 is 0 Å². The molecule has 0 bridgehead atoms. The average molecular weight is 256 g/mol. The van der Waals surface area contributed by atoms with E-state index in [0.29, 0.717) is 11.5 Å². The number of hydrogen-bond acceptors (Lipinski definition) is 5. The molecule has 1 rings (SSSR count). The molecule has 0 spiro atoms. The van der Waals surface area contributed by atoms with E-state index in [2.05, 4.69) is 10.3 Å². The van der Waals surface area contributed by atoms with Crippen LogP contribution in [0.5, 0.6) is 0 Å². The Morgan fingerprint density at radius 1 is 1.41 bits per heavy atom. The van der Waals surface area contributed by atoms with Crippen molar-refractivity contribution in [3.05, 3.63) is 15.6 Å². The quantitative estimate of drug-likeness (QED) is 0.809. The summed E-state index contributed by atoms with van der Waals surface area (Å²) in [6, 6.07) is 0. The average Bonchev–Trinajstić information content (AvgIpc) is 2.58. The topological polar surface area (TPSA) is 68.3 Å². The van der Waals surface area contributed by atoms with Crippen molar-refractivity contribution in [2.75, 3.05) is 13.2 Å². The van der Waals surface area contributed by atoms with E-state index < -0.39 is 0 Å². The molecule has 1 heterocycles. The number of nitrogens with zero attached hydrogens (tertiary/aromatic N) is 1. The van der Waals surface area contributed by atoms with Gasteiger partial charge in [-0.3, -0.25) is 9.59 Å². The molecule has 94 valence electrons. The number of hydrogen-bond donors (Lipinski definition) is 1. The summed E-state index contributed by atoms with van der Waals surface area (Å²) in [4.78, 5) is 27.5. The minimum absolute atomic E-state index is 0.183. The number of nitrogens with one attached hydrogen (secondary N) is 1. The van der Waals surface area contributed by atoms with Crippen molar-refractivity contribution in [3.63, 3.8) is 0 Å². The van der Waals surface area contributed by atoms with Gasteiger partial charge in [0, 0.05) is 6.54 Å². The lowest BCUT2D eigenvalue weighted by molar-refractivity contribution is -0.142. The number of rotatable bonds is 5. The highest BCUT2D eigenvalue weighted by molar-refractivity contribution is 7.13. The summed E-state index contributed by atoms with van der Waals surface area (Å²) < 4.78 is 4.76. The van der Waals surface area contributed by atoms with Gasteiger partial charge in [0.2, 0.25) is 0 Å². The summed E-state index contributed by atoms with van der Waals surface area (Å²) in [6.45, 7) is 6.05. The molecule has 0 atom stereocenters. The Hall–Kier alpha value is -1.43. The lowest BCUT2D eigenvalue weighted by Gasteiger charge is -2.03. The lowest BCUT2D eigenvalue weighted by atomic mass is 10.3. The van der Waals surface area contributed by atoms with Crippen LogP contribution in [0.3, 0.4) is 0 Å². The number of ether oxygens (including phenoxy) is 1. The maximum absolute atomic E-state index is 11.7. The third kappa shape index (κ3) is 4.14. The molecule has 0 aliphatic carbocycles. The first-order valence-corrected chi connectivity index (χ1v) is 6.24. The van der Waals surface area contributed by atoms with E-state index in [9.17, 15) is 9.59 Å². The van der Waals surface area contributed by atoms with Crippen LogP contribution in [0.2, 0.25) is 0 Å². The molecule has 1 aromatic heterocycles. The predicted octanol–water partition coefficient (Wildman–Crippen LogP) is 1.44. The van der Waals surface area contributed by atoms with E-state index in [-0.39, 0.29) is 24.8 Å². The van der Waals surface area contributed by atoms with Crippen molar-refractivity contribution in [2.24, 2.45) is 0 Å². The van der Waals surface area contributed by atoms with Crippen molar-refractivity contribution < 1.29 is 14.3 Å². The van der Waals surface area contributed by atoms with Gasteiger partial charge in [-0.05, 0) is 20.8 Å². The number of amides is 1. The maximum Gasteiger partial charge on any atom is 0.307 e. The van der Waals surface area contributed by atoms with E-state index in [1.807, 2.05) is 6.92 Å². The minimum atomic E-state index is -0.301. The molecule has 6 heteroatoms. The zero-order chi connectivity index (χ0) is 12.8. The zero-order valence-corrected chi connectivity index (χ0v) is 11.0. The number of carbonyl (C=O) groups excluding carboxylic acids is 2. The first kappa shape index (κ1) is 13.6. The molecule has 0 saturated heterocycles. The Labute approximate surface area is 104 Å². The van der Waals surface area contributed by atoms with Crippen LogP contribution in [0.4, 0.5) is 0 Å². The molecule has 1 aromatic rings. The summed E-state index contributed by atoms with van der Waals surface area (Å²) in [5, 5.41) is 3.53. The van der Waals surface area contributed by atoms with Crippen LogP contribution in [-0.2, 0) is 9.53 Å². The predicted molar refractivity (Wildman–Crippen MR) is 65.2 cm³/mol. The van der Waals surface area contributed by atoms with Crippen LogP contribution in [0.15, 0.2) is 0 Å². The molecule has 0 radical (unpaired) electrons.